The second kappa shape index (κ2) is 11.7. The Morgan fingerprint density at radius 3 is 2.24 bits per heavy atom. The van der Waals surface area contributed by atoms with E-state index in [0.29, 0.717) is 16.7 Å². The van der Waals surface area contributed by atoms with Crippen molar-refractivity contribution in [2.75, 3.05) is 5.32 Å². The highest BCUT2D eigenvalue weighted by molar-refractivity contribution is 5.98. The van der Waals surface area contributed by atoms with Crippen LogP contribution in [0, 0.1) is 18.6 Å². The molecule has 1 aromatic heterocycles. The maximum Gasteiger partial charge on any atom is 0.417 e. The molecule has 0 fully saturated rings. The molecule has 42 heavy (non-hydrogen) atoms. The first-order chi connectivity index (χ1) is 19.6. The molecule has 0 saturated carbocycles. The highest BCUT2D eigenvalue weighted by atomic mass is 19.4. The molecular formula is C30H30F5N3O4. The smallest absolute Gasteiger partial charge is 0.383 e. The Labute approximate surface area is 238 Å². The molecule has 0 spiro atoms. The molecule has 1 aliphatic heterocycles. The average molecular weight is 592 g/mol. The second-order valence-electron chi connectivity index (χ2n) is 10.6. The molecule has 1 atom stereocenters. The van der Waals surface area contributed by atoms with E-state index in [9.17, 15) is 36.3 Å². The number of Topliss-reactive ketones (excluding diaryl/α,β-unsaturated/α-hetero) is 1. The molecule has 0 saturated heterocycles. The molecule has 2 aromatic carbocycles. The maximum absolute atomic E-state index is 14.7. The lowest BCUT2D eigenvalue weighted by atomic mass is 9.89. The van der Waals surface area contributed by atoms with Gasteiger partial charge in [-0.1, -0.05) is 12.1 Å². The Bertz CT molecular complexity index is 1610. The summed E-state index contributed by atoms with van der Waals surface area (Å²) in [5, 5.41) is 5.22. The third-order valence-electron chi connectivity index (χ3n) is 7.21. The predicted octanol–water partition coefficient (Wildman–Crippen LogP) is 5.44. The number of nitrogens with zero attached hydrogens (tertiary/aromatic N) is 1. The maximum atomic E-state index is 14.7. The zero-order chi connectivity index (χ0) is 31.1. The first kappa shape index (κ1) is 30.9. The van der Waals surface area contributed by atoms with Crippen molar-refractivity contribution in [1.82, 2.24) is 9.88 Å². The Hall–Kier alpha value is -4.06. The van der Waals surface area contributed by atoms with Crippen LogP contribution in [0.1, 0.15) is 59.1 Å². The molecule has 1 aliphatic rings. The third kappa shape index (κ3) is 6.08. The number of alkyl halides is 3. The largest absolute Gasteiger partial charge is 0.417 e. The lowest BCUT2D eigenvalue weighted by molar-refractivity contribution is -0.137. The van der Waals surface area contributed by atoms with E-state index in [1.165, 1.54) is 33.0 Å². The number of rotatable bonds is 8. The molecule has 3 aromatic rings. The summed E-state index contributed by atoms with van der Waals surface area (Å²) < 4.78 is 78.1. The minimum Gasteiger partial charge on any atom is -0.383 e. The van der Waals surface area contributed by atoms with Gasteiger partial charge in [0.1, 0.15) is 17.2 Å². The van der Waals surface area contributed by atoms with Gasteiger partial charge in [-0.25, -0.2) is 8.78 Å². The number of benzene rings is 2. The standard InChI is InChI=1S/C30H30F5N3O4/c1-14(2)36-18-10-23(31)27(24(32)11-18)28(40)37-25(16(4)39)9-17-6-7-19(21-13-42-12-20(17)21)26-22(30(33,34)35)8-15(3)38(5)29(26)41/h6-8,10-11,14,25,36H,9,12-13H2,1-5H3,(H,37,40)/t25-/m0/s1. The molecule has 12 heteroatoms. The number of halogens is 5. The minimum atomic E-state index is -4.80. The third-order valence-corrected chi connectivity index (χ3v) is 7.21. The van der Waals surface area contributed by atoms with Gasteiger partial charge in [0.15, 0.2) is 5.78 Å². The molecule has 0 unspecified atom stereocenters. The van der Waals surface area contributed by atoms with E-state index in [2.05, 4.69) is 10.6 Å². The molecule has 0 radical (unpaired) electrons. The van der Waals surface area contributed by atoms with Crippen LogP contribution < -0.4 is 16.2 Å². The highest BCUT2D eigenvalue weighted by Crippen LogP contribution is 2.40. The quantitative estimate of drug-likeness (QED) is 0.341. The van der Waals surface area contributed by atoms with Crippen molar-refractivity contribution in [3.8, 4) is 11.1 Å². The number of nitrogens with one attached hydrogen (secondary N) is 2. The zero-order valence-electron chi connectivity index (χ0n) is 23.6. The van der Waals surface area contributed by atoms with Gasteiger partial charge in [-0.15, -0.1) is 0 Å². The molecule has 224 valence electrons. The van der Waals surface area contributed by atoms with Gasteiger partial charge < -0.3 is 19.9 Å². The average Bonchev–Trinajstić information content (AvgIpc) is 3.36. The summed E-state index contributed by atoms with van der Waals surface area (Å²) in [5.41, 5.74) is -1.61. The van der Waals surface area contributed by atoms with Crippen molar-refractivity contribution >= 4 is 17.4 Å². The number of pyridine rings is 1. The molecule has 0 aliphatic carbocycles. The van der Waals surface area contributed by atoms with Crippen LogP contribution in [0.25, 0.3) is 11.1 Å². The number of aromatic nitrogens is 1. The van der Waals surface area contributed by atoms with Gasteiger partial charge in [-0.2, -0.15) is 13.2 Å². The first-order valence-electron chi connectivity index (χ1n) is 13.2. The summed E-state index contributed by atoms with van der Waals surface area (Å²) in [4.78, 5) is 38.5. The number of anilines is 1. The van der Waals surface area contributed by atoms with Crippen molar-refractivity contribution in [2.45, 2.75) is 65.6 Å². The lowest BCUT2D eigenvalue weighted by Crippen LogP contribution is -2.42. The number of amides is 1. The van der Waals surface area contributed by atoms with Crippen LogP contribution in [0.2, 0.25) is 0 Å². The van der Waals surface area contributed by atoms with E-state index in [-0.39, 0.29) is 42.6 Å². The number of carbonyl (C=O) groups is 2. The molecule has 7 nitrogen and oxygen atoms in total. The fraction of sp³-hybridized carbons (Fsp3) is 0.367. The van der Waals surface area contributed by atoms with E-state index in [4.69, 9.17) is 4.74 Å². The van der Waals surface area contributed by atoms with Crippen molar-refractivity contribution in [3.63, 3.8) is 0 Å². The summed E-state index contributed by atoms with van der Waals surface area (Å²) in [6, 6.07) is 4.39. The summed E-state index contributed by atoms with van der Waals surface area (Å²) in [6.45, 7) is 6.08. The van der Waals surface area contributed by atoms with Crippen LogP contribution in [0.5, 0.6) is 0 Å². The van der Waals surface area contributed by atoms with Crippen LogP contribution in [-0.2, 0) is 42.4 Å². The van der Waals surface area contributed by atoms with E-state index in [1.54, 1.807) is 13.8 Å². The molecule has 2 heterocycles. The van der Waals surface area contributed by atoms with Crippen LogP contribution in [0.3, 0.4) is 0 Å². The number of hydrogen-bond acceptors (Lipinski definition) is 5. The molecule has 4 rings (SSSR count). The van der Waals surface area contributed by atoms with Crippen molar-refractivity contribution in [3.05, 3.63) is 85.8 Å². The van der Waals surface area contributed by atoms with E-state index >= 15 is 0 Å². The number of ketones is 1. The molecule has 2 N–H and O–H groups in total. The summed E-state index contributed by atoms with van der Waals surface area (Å²) in [7, 11) is 1.38. The van der Waals surface area contributed by atoms with Gasteiger partial charge in [0.05, 0.1) is 30.4 Å². The van der Waals surface area contributed by atoms with Crippen molar-refractivity contribution < 1.29 is 36.3 Å². The monoisotopic (exact) mass is 591 g/mol. The van der Waals surface area contributed by atoms with Gasteiger partial charge in [-0.05, 0) is 68.1 Å². The first-order valence-corrected chi connectivity index (χ1v) is 13.2. The predicted molar refractivity (Wildman–Crippen MR) is 146 cm³/mol. The number of fused-ring (bicyclic) bond motifs is 1. The fourth-order valence-electron chi connectivity index (χ4n) is 5.03. The topological polar surface area (TPSA) is 89.4 Å². The van der Waals surface area contributed by atoms with Crippen LogP contribution >= 0.6 is 0 Å². The van der Waals surface area contributed by atoms with Crippen LogP contribution in [0.4, 0.5) is 27.6 Å². The van der Waals surface area contributed by atoms with E-state index in [0.717, 1.165) is 22.8 Å². The van der Waals surface area contributed by atoms with Crippen LogP contribution in [0.15, 0.2) is 35.1 Å². The van der Waals surface area contributed by atoms with E-state index < -0.39 is 57.8 Å². The zero-order valence-corrected chi connectivity index (χ0v) is 23.6. The summed E-state index contributed by atoms with van der Waals surface area (Å²) >= 11 is 0. The van der Waals surface area contributed by atoms with Crippen LogP contribution in [-0.4, -0.2) is 28.3 Å². The van der Waals surface area contributed by atoms with Gasteiger partial charge in [0.25, 0.3) is 11.5 Å². The van der Waals surface area contributed by atoms with Gasteiger partial charge >= 0.3 is 6.18 Å². The number of hydrogen-bond donors (Lipinski definition) is 2. The summed E-state index contributed by atoms with van der Waals surface area (Å²) in [6.07, 6.45) is -4.92. The lowest BCUT2D eigenvalue weighted by Gasteiger charge is -2.21. The van der Waals surface area contributed by atoms with Gasteiger partial charge in [0.2, 0.25) is 0 Å². The van der Waals surface area contributed by atoms with Gasteiger partial charge in [0, 0.05) is 30.9 Å². The fourth-order valence-corrected chi connectivity index (χ4v) is 5.03. The molecule has 1 amide bonds. The van der Waals surface area contributed by atoms with Gasteiger partial charge in [-0.3, -0.25) is 14.4 Å². The summed E-state index contributed by atoms with van der Waals surface area (Å²) in [5.74, 6) is -3.87. The molecular weight excluding hydrogens is 561 g/mol. The Balaban J connectivity index is 1.70. The number of carbonyl (C=O) groups excluding carboxylic acids is 2. The Morgan fingerprint density at radius 1 is 1.05 bits per heavy atom. The number of ether oxygens (including phenoxy) is 1. The number of aryl methyl sites for hydroxylation is 1. The second-order valence-corrected chi connectivity index (χ2v) is 10.6. The molecule has 0 bridgehead atoms. The van der Waals surface area contributed by atoms with Crippen molar-refractivity contribution in [2.24, 2.45) is 7.05 Å². The highest BCUT2D eigenvalue weighted by Gasteiger charge is 2.37. The Kier molecular flexibility index (Phi) is 8.58. The van der Waals surface area contributed by atoms with E-state index in [1.807, 2.05) is 0 Å². The van der Waals surface area contributed by atoms with Crippen molar-refractivity contribution in [1.29, 1.82) is 0 Å². The SMILES string of the molecule is CC(=O)[C@H](Cc1ccc(-c2c(C(F)(F)F)cc(C)n(C)c2=O)c2c1COC2)NC(=O)c1c(F)cc(NC(C)C)cc1F. The minimum absolute atomic E-state index is 0.00181. The normalized spacial score (nSPS) is 13.7. The Morgan fingerprint density at radius 2 is 1.67 bits per heavy atom.